The molecular formula is C22H25F2N3O3. The Balaban J connectivity index is 1.98. The molecule has 1 aromatic heterocycles. The highest BCUT2D eigenvalue weighted by Crippen LogP contribution is 2.47. The predicted molar refractivity (Wildman–Crippen MR) is 108 cm³/mol. The minimum atomic E-state index is -0.935. The number of pyridine rings is 1. The number of aromatic nitrogens is 1. The van der Waals surface area contributed by atoms with Crippen molar-refractivity contribution in [2.24, 2.45) is 11.7 Å². The number of hydrogen-bond acceptors (Lipinski definition) is 4. The van der Waals surface area contributed by atoms with Crippen LogP contribution in [0, 0.1) is 17.6 Å². The van der Waals surface area contributed by atoms with E-state index >= 15 is 0 Å². The molecule has 1 aliphatic heterocycles. The van der Waals surface area contributed by atoms with Gasteiger partial charge in [0, 0.05) is 17.8 Å². The first-order valence-electron chi connectivity index (χ1n) is 9.78. The zero-order valence-corrected chi connectivity index (χ0v) is 17.3. The lowest BCUT2D eigenvalue weighted by atomic mass is 9.76. The van der Waals surface area contributed by atoms with Crippen LogP contribution < -0.4 is 11.1 Å². The summed E-state index contributed by atoms with van der Waals surface area (Å²) in [6.45, 7) is 7.39. The van der Waals surface area contributed by atoms with Gasteiger partial charge in [-0.05, 0) is 55.5 Å². The maximum absolute atomic E-state index is 14.5. The third kappa shape index (κ3) is 3.92. The first-order valence-corrected chi connectivity index (χ1v) is 9.78. The van der Waals surface area contributed by atoms with Crippen LogP contribution in [0.5, 0.6) is 0 Å². The van der Waals surface area contributed by atoms with Crippen LogP contribution in [-0.2, 0) is 16.0 Å². The monoisotopic (exact) mass is 417 g/mol. The summed E-state index contributed by atoms with van der Waals surface area (Å²) in [6, 6.07) is 5.51. The zero-order chi connectivity index (χ0) is 22.2. The van der Waals surface area contributed by atoms with E-state index in [9.17, 15) is 18.4 Å². The van der Waals surface area contributed by atoms with Gasteiger partial charge in [0.05, 0.1) is 5.60 Å². The molecule has 0 spiro atoms. The Kier molecular flexibility index (Phi) is 5.90. The van der Waals surface area contributed by atoms with Gasteiger partial charge >= 0.3 is 0 Å². The van der Waals surface area contributed by atoms with Crippen LogP contribution in [0.25, 0.3) is 0 Å². The Morgan fingerprint density at radius 3 is 2.60 bits per heavy atom. The molecule has 1 aliphatic rings. The van der Waals surface area contributed by atoms with E-state index in [4.69, 9.17) is 10.5 Å². The number of benzene rings is 1. The molecule has 3 rings (SSSR count). The van der Waals surface area contributed by atoms with Crippen molar-refractivity contribution in [1.82, 2.24) is 4.98 Å². The average molecular weight is 417 g/mol. The lowest BCUT2D eigenvalue weighted by molar-refractivity contribution is -0.131. The quantitative estimate of drug-likeness (QED) is 0.778. The molecule has 1 aromatic carbocycles. The smallest absolute Gasteiger partial charge is 0.267 e. The predicted octanol–water partition coefficient (Wildman–Crippen LogP) is 3.56. The number of hydrogen-bond donors (Lipinski definition) is 2. The van der Waals surface area contributed by atoms with Crippen molar-refractivity contribution in [3.63, 3.8) is 0 Å². The van der Waals surface area contributed by atoms with Crippen molar-refractivity contribution in [3.8, 4) is 0 Å². The molecule has 0 aliphatic carbocycles. The van der Waals surface area contributed by atoms with Crippen molar-refractivity contribution >= 4 is 17.5 Å². The Labute approximate surface area is 173 Å². The fourth-order valence-electron chi connectivity index (χ4n) is 3.99. The summed E-state index contributed by atoms with van der Waals surface area (Å²) in [5.74, 6) is -3.62. The van der Waals surface area contributed by atoms with Crippen LogP contribution >= 0.6 is 0 Å². The number of primary amides is 1. The van der Waals surface area contributed by atoms with Gasteiger partial charge in [0.1, 0.15) is 11.8 Å². The van der Waals surface area contributed by atoms with Gasteiger partial charge in [0.2, 0.25) is 0 Å². The lowest BCUT2D eigenvalue weighted by Gasteiger charge is -2.26. The summed E-state index contributed by atoms with van der Waals surface area (Å²) in [6.07, 6.45) is 0.707. The molecular weight excluding hydrogens is 392 g/mol. The highest BCUT2D eigenvalue weighted by molar-refractivity contribution is 5.97. The third-order valence-corrected chi connectivity index (χ3v) is 5.88. The molecule has 0 unspecified atom stereocenters. The molecule has 3 N–H and O–H groups in total. The molecule has 3 atom stereocenters. The number of carbonyl (C=O) groups excluding carboxylic acids is 2. The number of nitrogens with zero attached hydrogens (tertiary/aromatic N) is 1. The topological polar surface area (TPSA) is 94.3 Å². The van der Waals surface area contributed by atoms with Crippen molar-refractivity contribution in [2.45, 2.75) is 51.7 Å². The Bertz CT molecular complexity index is 994. The van der Waals surface area contributed by atoms with E-state index in [0.717, 1.165) is 6.07 Å². The van der Waals surface area contributed by atoms with Crippen LogP contribution in [0.4, 0.5) is 14.5 Å². The average Bonchev–Trinajstić information content (AvgIpc) is 2.93. The number of halogens is 2. The summed E-state index contributed by atoms with van der Waals surface area (Å²) in [5, 5.41) is 2.72. The Morgan fingerprint density at radius 1 is 1.27 bits per heavy atom. The maximum atomic E-state index is 14.5. The number of nitrogens with one attached hydrogen (secondary N) is 1. The van der Waals surface area contributed by atoms with Crippen molar-refractivity contribution < 1.29 is 23.1 Å². The van der Waals surface area contributed by atoms with E-state index < -0.39 is 41.1 Å². The van der Waals surface area contributed by atoms with Crippen LogP contribution in [0.1, 0.15) is 55.2 Å². The first kappa shape index (κ1) is 21.8. The summed E-state index contributed by atoms with van der Waals surface area (Å²) in [4.78, 5) is 28.3. The van der Waals surface area contributed by atoms with Crippen LogP contribution in [0.2, 0.25) is 0 Å². The highest BCUT2D eigenvalue weighted by atomic mass is 19.2. The van der Waals surface area contributed by atoms with Gasteiger partial charge in [-0.1, -0.05) is 19.9 Å². The second-order valence-electron chi connectivity index (χ2n) is 8.02. The Hall–Kier alpha value is -2.87. The van der Waals surface area contributed by atoms with Crippen molar-refractivity contribution in [3.05, 3.63) is 58.9 Å². The molecule has 8 heteroatoms. The number of rotatable bonds is 5. The van der Waals surface area contributed by atoms with Crippen LogP contribution in [0.15, 0.2) is 30.5 Å². The normalized spacial score (nSPS) is 22.7. The zero-order valence-electron chi connectivity index (χ0n) is 17.3. The molecule has 0 bridgehead atoms. The van der Waals surface area contributed by atoms with Gasteiger partial charge in [-0.25, -0.2) is 8.78 Å². The summed E-state index contributed by atoms with van der Waals surface area (Å²) in [5.41, 5.74) is 5.72. The number of amides is 2. The summed E-state index contributed by atoms with van der Waals surface area (Å²) >= 11 is 0. The standard InChI is InChI=1S/C22H25F2N3O3/c1-5-13-14(6-7-15(23)18(13)24)17-11(2)22(3,4)30-19(17)21(29)27-12-8-9-26-16(10-12)20(25)28/h6-11,17,19H,5H2,1-4H3,(H2,25,28)(H,26,27,29)/t11-,17-,19+/m0/s1. The maximum Gasteiger partial charge on any atom is 0.267 e. The molecule has 1 saturated heterocycles. The molecule has 6 nitrogen and oxygen atoms in total. The molecule has 2 amide bonds. The van der Waals surface area contributed by atoms with Gasteiger partial charge in [0.15, 0.2) is 11.6 Å². The highest BCUT2D eigenvalue weighted by Gasteiger charge is 2.51. The summed E-state index contributed by atoms with van der Waals surface area (Å²) in [7, 11) is 0. The van der Waals surface area contributed by atoms with E-state index in [-0.39, 0.29) is 23.6 Å². The van der Waals surface area contributed by atoms with E-state index in [1.807, 2.05) is 20.8 Å². The van der Waals surface area contributed by atoms with E-state index in [1.54, 1.807) is 6.92 Å². The molecule has 1 fully saturated rings. The number of ether oxygens (including phenoxy) is 1. The molecule has 0 saturated carbocycles. The van der Waals surface area contributed by atoms with Crippen LogP contribution in [-0.4, -0.2) is 28.5 Å². The largest absolute Gasteiger partial charge is 0.364 e. The molecule has 2 aromatic rings. The third-order valence-electron chi connectivity index (χ3n) is 5.88. The number of carbonyl (C=O) groups is 2. The van der Waals surface area contributed by atoms with E-state index in [1.165, 1.54) is 24.4 Å². The van der Waals surface area contributed by atoms with Gasteiger partial charge in [-0.2, -0.15) is 0 Å². The number of anilines is 1. The second kappa shape index (κ2) is 8.10. The number of nitrogens with two attached hydrogens (primary N) is 1. The van der Waals surface area contributed by atoms with Crippen molar-refractivity contribution in [2.75, 3.05) is 5.32 Å². The van der Waals surface area contributed by atoms with Gasteiger partial charge in [0.25, 0.3) is 11.8 Å². The second-order valence-corrected chi connectivity index (χ2v) is 8.02. The SMILES string of the molecule is CCc1c([C@H]2[C@H](C(=O)Nc3ccnc(C(N)=O)c3)OC(C)(C)[C@H]2C)ccc(F)c1F. The molecule has 160 valence electrons. The molecule has 2 heterocycles. The Morgan fingerprint density at radius 2 is 1.97 bits per heavy atom. The summed E-state index contributed by atoms with van der Waals surface area (Å²) < 4.78 is 34.3. The molecule has 0 radical (unpaired) electrons. The fourth-order valence-corrected chi connectivity index (χ4v) is 3.99. The van der Waals surface area contributed by atoms with Crippen molar-refractivity contribution in [1.29, 1.82) is 0 Å². The van der Waals surface area contributed by atoms with Gasteiger partial charge < -0.3 is 15.8 Å². The van der Waals surface area contributed by atoms with Gasteiger partial charge in [-0.3, -0.25) is 14.6 Å². The molecule has 30 heavy (non-hydrogen) atoms. The van der Waals surface area contributed by atoms with Crippen LogP contribution in [0.3, 0.4) is 0 Å². The van der Waals surface area contributed by atoms with E-state index in [0.29, 0.717) is 11.3 Å². The minimum absolute atomic E-state index is 0.0132. The lowest BCUT2D eigenvalue weighted by Crippen LogP contribution is -2.33. The van der Waals surface area contributed by atoms with E-state index in [2.05, 4.69) is 10.3 Å². The fraction of sp³-hybridized carbons (Fsp3) is 0.409. The first-order chi connectivity index (χ1) is 14.1. The van der Waals surface area contributed by atoms with Gasteiger partial charge in [-0.15, -0.1) is 0 Å². The minimum Gasteiger partial charge on any atom is -0.364 e.